The molecule has 1 aliphatic heterocycles. The standard InChI is InChI=1S/C12H26N4/c1-9(2)11(13)8-12(14)15-10-4-6-16(3)7-5-10/h8-11,15H,4-7,13-14H2,1-3H3/b12-8-. The molecule has 1 fully saturated rings. The minimum absolute atomic E-state index is 0.0405. The first kappa shape index (κ1) is 13.3. The first-order valence-electron chi connectivity index (χ1n) is 6.17. The average molecular weight is 226 g/mol. The van der Waals surface area contributed by atoms with Crippen LogP contribution in [0.1, 0.15) is 26.7 Å². The molecule has 0 amide bonds. The van der Waals surface area contributed by atoms with Gasteiger partial charge in [0.25, 0.3) is 0 Å². The summed E-state index contributed by atoms with van der Waals surface area (Å²) in [5.41, 5.74) is 11.9. The second-order valence-electron chi connectivity index (χ2n) is 5.17. The van der Waals surface area contributed by atoms with E-state index in [1.165, 1.54) is 0 Å². The molecule has 0 aromatic carbocycles. The number of hydrogen-bond donors (Lipinski definition) is 3. The van der Waals surface area contributed by atoms with Gasteiger partial charge < -0.3 is 21.7 Å². The van der Waals surface area contributed by atoms with E-state index in [9.17, 15) is 0 Å². The number of hydrogen-bond acceptors (Lipinski definition) is 4. The number of nitrogens with two attached hydrogens (primary N) is 2. The van der Waals surface area contributed by atoms with Gasteiger partial charge in [-0.05, 0) is 45.0 Å². The second kappa shape index (κ2) is 6.11. The van der Waals surface area contributed by atoms with Gasteiger partial charge in [0.05, 0.1) is 5.82 Å². The van der Waals surface area contributed by atoms with Crippen LogP contribution in [0.4, 0.5) is 0 Å². The summed E-state index contributed by atoms with van der Waals surface area (Å²) in [5, 5.41) is 3.36. The maximum Gasteiger partial charge on any atom is 0.0936 e. The Balaban J connectivity index is 2.36. The Bertz CT molecular complexity index is 229. The van der Waals surface area contributed by atoms with Gasteiger partial charge >= 0.3 is 0 Å². The van der Waals surface area contributed by atoms with Gasteiger partial charge in [-0.3, -0.25) is 0 Å². The third-order valence-corrected chi connectivity index (χ3v) is 3.23. The Labute approximate surface area is 99.0 Å². The molecule has 0 aromatic rings. The predicted octanol–water partition coefficient (Wildman–Crippen LogP) is 0.454. The van der Waals surface area contributed by atoms with E-state index >= 15 is 0 Å². The molecule has 16 heavy (non-hydrogen) atoms. The van der Waals surface area contributed by atoms with Crippen LogP contribution in [0.2, 0.25) is 0 Å². The average Bonchev–Trinajstić information content (AvgIpc) is 2.21. The van der Waals surface area contributed by atoms with Crippen molar-refractivity contribution >= 4 is 0 Å². The van der Waals surface area contributed by atoms with E-state index in [-0.39, 0.29) is 6.04 Å². The number of nitrogens with one attached hydrogen (secondary N) is 1. The van der Waals surface area contributed by atoms with Crippen molar-refractivity contribution in [3.8, 4) is 0 Å². The summed E-state index contributed by atoms with van der Waals surface area (Å²) in [6.07, 6.45) is 4.24. The third kappa shape index (κ3) is 4.41. The van der Waals surface area contributed by atoms with E-state index in [1.54, 1.807) is 0 Å². The zero-order valence-electron chi connectivity index (χ0n) is 10.7. The SMILES string of the molecule is CC(C)C(N)/C=C(/N)NC1CCN(C)CC1. The Kier molecular flexibility index (Phi) is 5.09. The molecule has 5 N–H and O–H groups in total. The van der Waals surface area contributed by atoms with Gasteiger partial charge in [0, 0.05) is 12.1 Å². The molecule has 4 nitrogen and oxygen atoms in total. The van der Waals surface area contributed by atoms with E-state index in [4.69, 9.17) is 11.5 Å². The normalized spacial score (nSPS) is 22.4. The lowest BCUT2D eigenvalue weighted by molar-refractivity contribution is 0.241. The van der Waals surface area contributed by atoms with Gasteiger partial charge in [0.15, 0.2) is 0 Å². The van der Waals surface area contributed by atoms with Gasteiger partial charge in [-0.2, -0.15) is 0 Å². The molecule has 1 heterocycles. The quantitative estimate of drug-likeness (QED) is 0.651. The summed E-state index contributed by atoms with van der Waals surface area (Å²) in [4.78, 5) is 2.35. The van der Waals surface area contributed by atoms with Gasteiger partial charge in [-0.15, -0.1) is 0 Å². The van der Waals surface area contributed by atoms with Crippen LogP contribution in [0.3, 0.4) is 0 Å². The van der Waals surface area contributed by atoms with E-state index in [1.807, 2.05) is 6.08 Å². The van der Waals surface area contributed by atoms with Crippen LogP contribution in [-0.2, 0) is 0 Å². The van der Waals surface area contributed by atoms with Crippen molar-refractivity contribution in [3.05, 3.63) is 11.9 Å². The summed E-state index contributed by atoms with van der Waals surface area (Å²) in [7, 11) is 2.16. The molecule has 94 valence electrons. The lowest BCUT2D eigenvalue weighted by Gasteiger charge is -2.30. The molecule has 0 spiro atoms. The molecule has 0 saturated carbocycles. The number of likely N-dealkylation sites (tertiary alicyclic amines) is 1. The number of nitrogens with zero attached hydrogens (tertiary/aromatic N) is 1. The molecule has 0 radical (unpaired) electrons. The minimum Gasteiger partial charge on any atom is -0.386 e. The number of piperidine rings is 1. The van der Waals surface area contributed by atoms with Crippen LogP contribution in [0.25, 0.3) is 0 Å². The third-order valence-electron chi connectivity index (χ3n) is 3.23. The molecule has 1 unspecified atom stereocenters. The summed E-state index contributed by atoms with van der Waals surface area (Å²) in [6.45, 7) is 6.48. The highest BCUT2D eigenvalue weighted by atomic mass is 15.1. The predicted molar refractivity (Wildman–Crippen MR) is 68.7 cm³/mol. The second-order valence-corrected chi connectivity index (χ2v) is 5.17. The van der Waals surface area contributed by atoms with Crippen LogP contribution in [0.5, 0.6) is 0 Å². The zero-order valence-corrected chi connectivity index (χ0v) is 10.7. The first-order valence-corrected chi connectivity index (χ1v) is 6.17. The fourth-order valence-corrected chi connectivity index (χ4v) is 1.84. The molecule has 1 aliphatic rings. The Morgan fingerprint density at radius 1 is 1.38 bits per heavy atom. The highest BCUT2D eigenvalue weighted by molar-refractivity contribution is 5.02. The molecule has 0 bridgehead atoms. The molecule has 1 rings (SSSR count). The highest BCUT2D eigenvalue weighted by Gasteiger charge is 2.16. The molecule has 0 aromatic heterocycles. The first-order chi connectivity index (χ1) is 7.49. The van der Waals surface area contributed by atoms with Gasteiger partial charge in [-0.1, -0.05) is 13.8 Å². The van der Waals surface area contributed by atoms with E-state index < -0.39 is 0 Å². The van der Waals surface area contributed by atoms with Crippen molar-refractivity contribution in [2.75, 3.05) is 20.1 Å². The van der Waals surface area contributed by atoms with Crippen LogP contribution >= 0.6 is 0 Å². The van der Waals surface area contributed by atoms with Crippen LogP contribution < -0.4 is 16.8 Å². The van der Waals surface area contributed by atoms with Crippen molar-refractivity contribution in [1.29, 1.82) is 0 Å². The van der Waals surface area contributed by atoms with Gasteiger partial charge in [0.1, 0.15) is 0 Å². The van der Waals surface area contributed by atoms with E-state index in [0.717, 1.165) is 31.8 Å². The van der Waals surface area contributed by atoms with Crippen molar-refractivity contribution < 1.29 is 0 Å². The summed E-state index contributed by atoms with van der Waals surface area (Å²) < 4.78 is 0. The largest absolute Gasteiger partial charge is 0.386 e. The maximum absolute atomic E-state index is 5.94. The van der Waals surface area contributed by atoms with Crippen LogP contribution in [-0.4, -0.2) is 37.1 Å². The lowest BCUT2D eigenvalue weighted by atomic mass is 10.0. The Morgan fingerprint density at radius 3 is 2.44 bits per heavy atom. The highest BCUT2D eigenvalue weighted by Crippen LogP contribution is 2.09. The maximum atomic E-state index is 5.94. The molecule has 1 saturated heterocycles. The van der Waals surface area contributed by atoms with Crippen LogP contribution in [0.15, 0.2) is 11.9 Å². The van der Waals surface area contributed by atoms with E-state index in [2.05, 4.69) is 31.1 Å². The number of rotatable bonds is 4. The Hall–Kier alpha value is -0.740. The molecule has 4 heteroatoms. The van der Waals surface area contributed by atoms with E-state index in [0.29, 0.717) is 12.0 Å². The van der Waals surface area contributed by atoms with Crippen molar-refractivity contribution in [2.45, 2.75) is 38.8 Å². The summed E-state index contributed by atoms with van der Waals surface area (Å²) in [5.74, 6) is 1.16. The lowest BCUT2D eigenvalue weighted by Crippen LogP contribution is -2.42. The summed E-state index contributed by atoms with van der Waals surface area (Å²) >= 11 is 0. The van der Waals surface area contributed by atoms with Crippen molar-refractivity contribution in [3.63, 3.8) is 0 Å². The molecular formula is C12H26N4. The van der Waals surface area contributed by atoms with Gasteiger partial charge in [0.2, 0.25) is 0 Å². The minimum atomic E-state index is 0.0405. The molecular weight excluding hydrogens is 200 g/mol. The molecule has 1 atom stereocenters. The summed E-state index contributed by atoms with van der Waals surface area (Å²) in [6, 6.07) is 0.547. The fourth-order valence-electron chi connectivity index (χ4n) is 1.84. The smallest absolute Gasteiger partial charge is 0.0936 e. The molecule has 0 aliphatic carbocycles. The topological polar surface area (TPSA) is 67.3 Å². The fraction of sp³-hybridized carbons (Fsp3) is 0.833. The van der Waals surface area contributed by atoms with Crippen molar-refractivity contribution in [2.24, 2.45) is 17.4 Å². The van der Waals surface area contributed by atoms with Gasteiger partial charge in [-0.25, -0.2) is 0 Å². The zero-order chi connectivity index (χ0) is 12.1. The van der Waals surface area contributed by atoms with Crippen molar-refractivity contribution in [1.82, 2.24) is 10.2 Å². The van der Waals surface area contributed by atoms with Crippen LogP contribution in [0, 0.1) is 5.92 Å². The Morgan fingerprint density at radius 2 is 1.94 bits per heavy atom. The monoisotopic (exact) mass is 226 g/mol.